The van der Waals surface area contributed by atoms with Crippen molar-refractivity contribution in [2.24, 2.45) is 0 Å². The molecule has 0 radical (unpaired) electrons. The lowest BCUT2D eigenvalue weighted by atomic mass is 10.1. The van der Waals surface area contributed by atoms with Crippen LogP contribution in [-0.4, -0.2) is 28.2 Å². The van der Waals surface area contributed by atoms with Crippen LogP contribution in [0.1, 0.15) is 30.3 Å². The van der Waals surface area contributed by atoms with Crippen molar-refractivity contribution < 1.29 is 14.1 Å². The Bertz CT molecular complexity index is 590. The Morgan fingerprint density at radius 1 is 1.47 bits per heavy atom. The minimum atomic E-state index is -0.704. The Kier molecular flexibility index (Phi) is 2.77. The van der Waals surface area contributed by atoms with Crippen LogP contribution in [0.5, 0.6) is 0 Å². The van der Waals surface area contributed by atoms with Crippen molar-refractivity contribution in [1.82, 2.24) is 15.1 Å². The summed E-state index contributed by atoms with van der Waals surface area (Å²) < 4.78 is 9.98. The van der Waals surface area contributed by atoms with Crippen molar-refractivity contribution in [2.45, 2.75) is 24.7 Å². The Morgan fingerprint density at radius 3 is 2.95 bits per heavy atom. The summed E-state index contributed by atoms with van der Waals surface area (Å²) in [6, 6.07) is 5.64. The van der Waals surface area contributed by atoms with Gasteiger partial charge >= 0.3 is 5.97 Å². The van der Waals surface area contributed by atoms with Gasteiger partial charge in [-0.2, -0.15) is 4.98 Å². The van der Waals surface area contributed by atoms with E-state index in [-0.39, 0.29) is 5.97 Å². The van der Waals surface area contributed by atoms with Crippen LogP contribution in [0.2, 0.25) is 0 Å². The highest BCUT2D eigenvalue weighted by atomic mass is 16.5. The summed E-state index contributed by atoms with van der Waals surface area (Å²) in [5.41, 5.74) is 0.155. The number of carbonyl (C=O) groups excluding carboxylic acids is 1. The first-order valence-electron chi connectivity index (χ1n) is 6.06. The number of aromatic nitrogens is 3. The molecule has 0 spiro atoms. The van der Waals surface area contributed by atoms with Gasteiger partial charge in [-0.25, -0.2) is 0 Å². The molecule has 6 heteroatoms. The molecule has 0 saturated heterocycles. The molecule has 19 heavy (non-hydrogen) atoms. The van der Waals surface area contributed by atoms with E-state index >= 15 is 0 Å². The molecule has 3 rings (SSSR count). The molecule has 2 aromatic rings. The van der Waals surface area contributed by atoms with E-state index < -0.39 is 5.41 Å². The van der Waals surface area contributed by atoms with E-state index in [1.54, 1.807) is 6.20 Å². The molecule has 0 atom stereocenters. The third-order valence-corrected chi connectivity index (χ3v) is 3.27. The maximum atomic E-state index is 11.7. The first kappa shape index (κ1) is 11.8. The van der Waals surface area contributed by atoms with Gasteiger partial charge in [0.25, 0.3) is 0 Å². The molecule has 0 amide bonds. The number of carbonyl (C=O) groups is 1. The molecule has 0 bridgehead atoms. The summed E-state index contributed by atoms with van der Waals surface area (Å²) in [4.78, 5) is 20.2. The summed E-state index contributed by atoms with van der Waals surface area (Å²) in [5.74, 6) is 0.578. The minimum absolute atomic E-state index is 0.305. The predicted molar refractivity (Wildman–Crippen MR) is 64.3 cm³/mol. The lowest BCUT2D eigenvalue weighted by Gasteiger charge is -2.05. The van der Waals surface area contributed by atoms with Crippen LogP contribution in [-0.2, 0) is 21.4 Å². The molecule has 0 N–H and O–H groups in total. The van der Waals surface area contributed by atoms with Gasteiger partial charge in [-0.1, -0.05) is 11.2 Å². The van der Waals surface area contributed by atoms with Gasteiger partial charge < -0.3 is 9.26 Å². The number of hydrogen-bond acceptors (Lipinski definition) is 6. The van der Waals surface area contributed by atoms with Crippen LogP contribution in [0.4, 0.5) is 0 Å². The molecule has 2 aromatic heterocycles. The molecule has 0 aliphatic heterocycles. The molecule has 1 saturated carbocycles. The number of rotatable bonds is 4. The highest BCUT2D eigenvalue weighted by Crippen LogP contribution is 2.48. The smallest absolute Gasteiger partial charge is 0.321 e. The number of methoxy groups -OCH3 is 1. The van der Waals surface area contributed by atoms with Gasteiger partial charge in [0, 0.05) is 11.9 Å². The van der Waals surface area contributed by atoms with Gasteiger partial charge in [-0.15, -0.1) is 0 Å². The Morgan fingerprint density at radius 2 is 2.32 bits per heavy atom. The monoisotopic (exact) mass is 259 g/mol. The standard InChI is InChI=1S/C13H13N3O3/c1-18-12(17)13(5-6-13)11-15-10(16-19-11)8-9-4-2-3-7-14-9/h2-4,7H,5-6,8H2,1H3. The van der Waals surface area contributed by atoms with Crippen molar-refractivity contribution in [3.8, 4) is 0 Å². The van der Waals surface area contributed by atoms with Crippen LogP contribution in [0.25, 0.3) is 0 Å². The van der Waals surface area contributed by atoms with Crippen molar-refractivity contribution in [3.63, 3.8) is 0 Å². The molecule has 0 unspecified atom stereocenters. The average Bonchev–Trinajstić information content (AvgIpc) is 3.14. The van der Waals surface area contributed by atoms with Crippen LogP contribution < -0.4 is 0 Å². The summed E-state index contributed by atoms with van der Waals surface area (Å²) in [7, 11) is 1.37. The average molecular weight is 259 g/mol. The zero-order valence-electron chi connectivity index (χ0n) is 10.5. The second kappa shape index (κ2) is 4.46. The number of hydrogen-bond donors (Lipinski definition) is 0. The van der Waals surface area contributed by atoms with Gasteiger partial charge in [0.2, 0.25) is 5.89 Å². The van der Waals surface area contributed by atoms with E-state index in [0.29, 0.717) is 31.0 Å². The number of pyridine rings is 1. The molecule has 98 valence electrons. The van der Waals surface area contributed by atoms with E-state index in [9.17, 15) is 4.79 Å². The fourth-order valence-corrected chi connectivity index (χ4v) is 2.01. The van der Waals surface area contributed by atoms with E-state index in [2.05, 4.69) is 15.1 Å². The Hall–Kier alpha value is -2.24. The predicted octanol–water partition coefficient (Wildman–Crippen LogP) is 1.26. The Balaban J connectivity index is 1.79. The van der Waals surface area contributed by atoms with E-state index in [1.165, 1.54) is 7.11 Å². The third kappa shape index (κ3) is 2.09. The summed E-state index contributed by atoms with van der Waals surface area (Å²) in [6.07, 6.45) is 3.60. The fraction of sp³-hybridized carbons (Fsp3) is 0.385. The van der Waals surface area contributed by atoms with Crippen molar-refractivity contribution in [1.29, 1.82) is 0 Å². The molecular weight excluding hydrogens is 246 g/mol. The van der Waals surface area contributed by atoms with E-state index in [1.807, 2.05) is 18.2 Å². The van der Waals surface area contributed by atoms with Gasteiger partial charge in [0.15, 0.2) is 5.82 Å². The van der Waals surface area contributed by atoms with E-state index in [0.717, 1.165) is 5.69 Å². The lowest BCUT2D eigenvalue weighted by molar-refractivity contribution is -0.144. The molecule has 6 nitrogen and oxygen atoms in total. The molecule has 0 aromatic carbocycles. The minimum Gasteiger partial charge on any atom is -0.468 e. The molecule has 2 heterocycles. The van der Waals surface area contributed by atoms with Gasteiger partial charge in [0.1, 0.15) is 5.41 Å². The molecular formula is C13H13N3O3. The van der Waals surface area contributed by atoms with Crippen LogP contribution in [0.3, 0.4) is 0 Å². The van der Waals surface area contributed by atoms with Crippen molar-refractivity contribution in [3.05, 3.63) is 41.8 Å². The van der Waals surface area contributed by atoms with Crippen LogP contribution >= 0.6 is 0 Å². The lowest BCUT2D eigenvalue weighted by Crippen LogP contribution is -2.22. The number of nitrogens with zero attached hydrogens (tertiary/aromatic N) is 3. The normalized spacial score (nSPS) is 16.1. The van der Waals surface area contributed by atoms with Gasteiger partial charge in [-0.3, -0.25) is 9.78 Å². The molecule has 1 fully saturated rings. The highest BCUT2D eigenvalue weighted by Gasteiger charge is 2.57. The maximum Gasteiger partial charge on any atom is 0.321 e. The van der Waals surface area contributed by atoms with E-state index in [4.69, 9.17) is 9.26 Å². The Labute approximate surface area is 109 Å². The fourth-order valence-electron chi connectivity index (χ4n) is 2.01. The summed E-state index contributed by atoms with van der Waals surface area (Å²) in [6.45, 7) is 0. The summed E-state index contributed by atoms with van der Waals surface area (Å²) in [5, 5.41) is 3.90. The first-order valence-corrected chi connectivity index (χ1v) is 6.06. The second-order valence-electron chi connectivity index (χ2n) is 4.59. The maximum absolute atomic E-state index is 11.7. The zero-order valence-corrected chi connectivity index (χ0v) is 10.5. The highest BCUT2D eigenvalue weighted by molar-refractivity contribution is 5.85. The number of ether oxygens (including phenoxy) is 1. The summed E-state index contributed by atoms with van der Waals surface area (Å²) >= 11 is 0. The largest absolute Gasteiger partial charge is 0.468 e. The SMILES string of the molecule is COC(=O)C1(c2nc(Cc3ccccn3)no2)CC1. The molecule has 1 aliphatic carbocycles. The third-order valence-electron chi connectivity index (χ3n) is 3.27. The van der Waals surface area contributed by atoms with Crippen molar-refractivity contribution >= 4 is 5.97 Å². The van der Waals surface area contributed by atoms with Crippen LogP contribution in [0.15, 0.2) is 28.9 Å². The van der Waals surface area contributed by atoms with Crippen LogP contribution in [0, 0.1) is 0 Å². The van der Waals surface area contributed by atoms with Crippen molar-refractivity contribution in [2.75, 3.05) is 7.11 Å². The number of esters is 1. The molecule has 1 aliphatic rings. The second-order valence-corrected chi connectivity index (χ2v) is 4.59. The zero-order chi connectivity index (χ0) is 13.3. The topological polar surface area (TPSA) is 78.1 Å². The van der Waals surface area contributed by atoms with Gasteiger partial charge in [0.05, 0.1) is 13.5 Å². The van der Waals surface area contributed by atoms with Gasteiger partial charge in [-0.05, 0) is 25.0 Å². The quantitative estimate of drug-likeness (QED) is 0.769. The first-order chi connectivity index (χ1) is 9.24.